The molecule has 0 radical (unpaired) electrons. The summed E-state index contributed by atoms with van der Waals surface area (Å²) in [5.41, 5.74) is -0.136. The van der Waals surface area contributed by atoms with Gasteiger partial charge in [-0.25, -0.2) is 0 Å². The summed E-state index contributed by atoms with van der Waals surface area (Å²) in [6, 6.07) is 0.620. The topological polar surface area (TPSA) is 12.0 Å². The quantitative estimate of drug-likeness (QED) is 0.656. The molecule has 68 valence electrons. The van der Waals surface area contributed by atoms with Crippen molar-refractivity contribution in [1.82, 2.24) is 5.32 Å². The zero-order chi connectivity index (χ0) is 9.03. The van der Waals surface area contributed by atoms with Crippen LogP contribution in [0.5, 0.6) is 0 Å². The van der Waals surface area contributed by atoms with Gasteiger partial charge in [0.05, 0.1) is 5.54 Å². The van der Waals surface area contributed by atoms with E-state index in [0.29, 0.717) is 6.04 Å². The van der Waals surface area contributed by atoms with Crippen LogP contribution >= 0.6 is 11.8 Å². The number of nitrogens with one attached hydrogen (secondary N) is 1. The van der Waals surface area contributed by atoms with Crippen molar-refractivity contribution < 1.29 is 0 Å². The Bertz CT molecular complexity index is 175. The molecule has 1 N–H and O–H groups in total. The first-order valence-corrected chi connectivity index (χ1v) is 5.63. The summed E-state index contributed by atoms with van der Waals surface area (Å²) in [5, 5.41) is 3.49. The van der Waals surface area contributed by atoms with Crippen LogP contribution in [0.4, 0.5) is 0 Å². The van der Waals surface area contributed by atoms with Crippen molar-refractivity contribution in [1.29, 1.82) is 0 Å². The minimum Gasteiger partial charge on any atom is -0.298 e. The predicted molar refractivity (Wildman–Crippen MR) is 56.4 cm³/mol. The Labute approximate surface area is 79.7 Å². The van der Waals surface area contributed by atoms with Crippen molar-refractivity contribution in [2.24, 2.45) is 0 Å². The highest BCUT2D eigenvalue weighted by molar-refractivity contribution is 7.99. The average Bonchev–Trinajstić information content (AvgIpc) is 2.06. The van der Waals surface area contributed by atoms with Gasteiger partial charge in [-0.3, -0.25) is 5.32 Å². The maximum atomic E-state index is 5.40. The number of terminal acetylenes is 1. The summed E-state index contributed by atoms with van der Waals surface area (Å²) in [6.07, 6.45) is 8.00. The van der Waals surface area contributed by atoms with Gasteiger partial charge in [-0.15, -0.1) is 6.42 Å². The number of hydrogen-bond donors (Lipinski definition) is 1. The van der Waals surface area contributed by atoms with Gasteiger partial charge >= 0.3 is 0 Å². The van der Waals surface area contributed by atoms with Gasteiger partial charge in [0.25, 0.3) is 0 Å². The molecule has 2 heteroatoms. The maximum absolute atomic E-state index is 5.40. The van der Waals surface area contributed by atoms with Crippen LogP contribution in [0.25, 0.3) is 0 Å². The maximum Gasteiger partial charge on any atom is 0.0743 e. The Morgan fingerprint density at radius 2 is 2.33 bits per heavy atom. The van der Waals surface area contributed by atoms with E-state index in [9.17, 15) is 0 Å². The molecule has 0 amide bonds. The van der Waals surface area contributed by atoms with E-state index in [4.69, 9.17) is 6.42 Å². The molecule has 1 heterocycles. The highest BCUT2D eigenvalue weighted by Crippen LogP contribution is 2.18. The Balaban J connectivity index is 2.35. The van der Waals surface area contributed by atoms with Gasteiger partial charge in [-0.1, -0.05) is 5.92 Å². The second-order valence-electron chi connectivity index (χ2n) is 3.83. The standard InChI is InChI=1S/C10H17NS/c1-4-10(2,3)11-9-6-5-7-12-8-9/h1,9,11H,5-8H2,2-3H3. The Hall–Kier alpha value is -0.130. The fourth-order valence-electron chi connectivity index (χ4n) is 1.41. The third-order valence-corrected chi connectivity index (χ3v) is 3.30. The van der Waals surface area contributed by atoms with E-state index in [-0.39, 0.29) is 5.54 Å². The largest absolute Gasteiger partial charge is 0.298 e. The first-order valence-electron chi connectivity index (χ1n) is 4.47. The second-order valence-corrected chi connectivity index (χ2v) is 4.98. The fraction of sp³-hybridized carbons (Fsp3) is 0.800. The van der Waals surface area contributed by atoms with Gasteiger partial charge in [0.2, 0.25) is 0 Å². The minimum absolute atomic E-state index is 0.136. The summed E-state index contributed by atoms with van der Waals surface area (Å²) in [5.74, 6) is 5.30. The van der Waals surface area contributed by atoms with Crippen molar-refractivity contribution >= 4 is 11.8 Å². The molecule has 0 aromatic heterocycles. The van der Waals surface area contributed by atoms with Gasteiger partial charge in [-0.05, 0) is 32.4 Å². The van der Waals surface area contributed by atoms with Crippen molar-refractivity contribution in [3.63, 3.8) is 0 Å². The number of rotatable bonds is 2. The normalized spacial score (nSPS) is 24.9. The Morgan fingerprint density at radius 3 is 2.83 bits per heavy atom. The van der Waals surface area contributed by atoms with Crippen molar-refractivity contribution in [3.8, 4) is 12.3 Å². The number of hydrogen-bond acceptors (Lipinski definition) is 2. The minimum atomic E-state index is -0.136. The second kappa shape index (κ2) is 4.20. The van der Waals surface area contributed by atoms with E-state index in [2.05, 4.69) is 25.1 Å². The van der Waals surface area contributed by atoms with Crippen LogP contribution in [0.15, 0.2) is 0 Å². The molecule has 0 aromatic rings. The Morgan fingerprint density at radius 1 is 1.58 bits per heavy atom. The molecule has 1 nitrogen and oxygen atoms in total. The highest BCUT2D eigenvalue weighted by Gasteiger charge is 2.21. The lowest BCUT2D eigenvalue weighted by Gasteiger charge is -2.29. The van der Waals surface area contributed by atoms with E-state index in [1.54, 1.807) is 0 Å². The highest BCUT2D eigenvalue weighted by atomic mass is 32.2. The molecule has 1 unspecified atom stereocenters. The third-order valence-electron chi connectivity index (χ3n) is 2.09. The third kappa shape index (κ3) is 3.08. The van der Waals surface area contributed by atoms with Crippen molar-refractivity contribution in [2.45, 2.75) is 38.3 Å². The molecule has 1 rings (SSSR count). The molecule has 1 fully saturated rings. The molecule has 0 spiro atoms. The van der Waals surface area contributed by atoms with E-state index >= 15 is 0 Å². The van der Waals surface area contributed by atoms with Crippen LogP contribution in [-0.2, 0) is 0 Å². The zero-order valence-electron chi connectivity index (χ0n) is 7.89. The van der Waals surface area contributed by atoms with Gasteiger partial charge in [0, 0.05) is 11.8 Å². The van der Waals surface area contributed by atoms with Gasteiger partial charge in [0.1, 0.15) is 0 Å². The molecule has 0 saturated carbocycles. The smallest absolute Gasteiger partial charge is 0.0743 e. The SMILES string of the molecule is C#CC(C)(C)NC1CCCSC1. The van der Waals surface area contributed by atoms with E-state index in [1.807, 2.05) is 11.8 Å². The summed E-state index contributed by atoms with van der Waals surface area (Å²) in [4.78, 5) is 0. The molecule has 0 aliphatic carbocycles. The van der Waals surface area contributed by atoms with E-state index < -0.39 is 0 Å². The van der Waals surface area contributed by atoms with Crippen LogP contribution in [0.2, 0.25) is 0 Å². The van der Waals surface area contributed by atoms with Gasteiger partial charge < -0.3 is 0 Å². The molecule has 0 aromatic carbocycles. The predicted octanol–water partition coefficient (Wildman–Crippen LogP) is 1.88. The lowest BCUT2D eigenvalue weighted by Crippen LogP contribution is -2.47. The van der Waals surface area contributed by atoms with Crippen LogP contribution < -0.4 is 5.32 Å². The molecular formula is C10H17NS. The van der Waals surface area contributed by atoms with Crippen molar-refractivity contribution in [3.05, 3.63) is 0 Å². The molecule has 1 aliphatic rings. The lowest BCUT2D eigenvalue weighted by molar-refractivity contribution is 0.404. The molecule has 1 atom stereocenters. The molecular weight excluding hydrogens is 166 g/mol. The van der Waals surface area contributed by atoms with Crippen LogP contribution in [0.3, 0.4) is 0 Å². The van der Waals surface area contributed by atoms with Crippen LogP contribution in [-0.4, -0.2) is 23.1 Å². The van der Waals surface area contributed by atoms with Crippen molar-refractivity contribution in [2.75, 3.05) is 11.5 Å². The summed E-state index contributed by atoms with van der Waals surface area (Å²) < 4.78 is 0. The fourth-order valence-corrected chi connectivity index (χ4v) is 2.48. The van der Waals surface area contributed by atoms with Crippen LogP contribution in [0, 0.1) is 12.3 Å². The van der Waals surface area contributed by atoms with E-state index in [1.165, 1.54) is 24.3 Å². The molecule has 1 saturated heterocycles. The summed E-state index contributed by atoms with van der Waals surface area (Å²) in [7, 11) is 0. The van der Waals surface area contributed by atoms with E-state index in [0.717, 1.165) is 0 Å². The molecule has 1 aliphatic heterocycles. The van der Waals surface area contributed by atoms with Crippen LogP contribution in [0.1, 0.15) is 26.7 Å². The zero-order valence-corrected chi connectivity index (χ0v) is 8.71. The first-order chi connectivity index (χ1) is 5.64. The monoisotopic (exact) mass is 183 g/mol. The summed E-state index contributed by atoms with van der Waals surface area (Å²) in [6.45, 7) is 4.12. The van der Waals surface area contributed by atoms with Gasteiger partial charge in [-0.2, -0.15) is 11.8 Å². The molecule has 12 heavy (non-hydrogen) atoms. The average molecular weight is 183 g/mol. The van der Waals surface area contributed by atoms with Gasteiger partial charge in [0.15, 0.2) is 0 Å². The first kappa shape index (κ1) is 9.95. The number of thioether (sulfide) groups is 1. The molecule has 0 bridgehead atoms. The Kier molecular flexibility index (Phi) is 3.49. The summed E-state index contributed by atoms with van der Waals surface area (Å²) >= 11 is 2.02. The lowest BCUT2D eigenvalue weighted by atomic mass is 10.0.